The summed E-state index contributed by atoms with van der Waals surface area (Å²) in [7, 11) is 0. The molecule has 1 aliphatic rings. The molecular formula is C17H15N3O3. The minimum atomic E-state index is -0.468. The maximum Gasteiger partial charge on any atom is 0.270 e. The Bertz CT molecular complexity index is 759. The summed E-state index contributed by atoms with van der Waals surface area (Å²) in [5.41, 5.74) is 4.22. The van der Waals surface area contributed by atoms with Crippen LogP contribution in [-0.4, -0.2) is 17.0 Å². The van der Waals surface area contributed by atoms with Gasteiger partial charge in [-0.2, -0.15) is 5.10 Å². The first-order valence-corrected chi connectivity index (χ1v) is 7.27. The van der Waals surface area contributed by atoms with Crippen molar-refractivity contribution in [1.29, 1.82) is 0 Å². The largest absolute Gasteiger partial charge is 0.273 e. The van der Waals surface area contributed by atoms with Crippen molar-refractivity contribution in [2.45, 2.75) is 12.3 Å². The molecule has 0 bridgehead atoms. The molecule has 6 nitrogen and oxygen atoms in total. The van der Waals surface area contributed by atoms with Crippen molar-refractivity contribution in [3.8, 4) is 0 Å². The lowest BCUT2D eigenvalue weighted by atomic mass is 10.1. The summed E-state index contributed by atoms with van der Waals surface area (Å²) in [6.45, 7) is 0. The molecule has 1 aliphatic carbocycles. The molecule has 23 heavy (non-hydrogen) atoms. The number of hydrogen-bond acceptors (Lipinski definition) is 4. The Hall–Kier alpha value is -3.02. The number of nitrogens with one attached hydrogen (secondary N) is 1. The van der Waals surface area contributed by atoms with Crippen molar-refractivity contribution in [2.75, 3.05) is 0 Å². The Kier molecular flexibility index (Phi) is 4.14. The number of hydrogen-bond donors (Lipinski definition) is 1. The second kappa shape index (κ2) is 6.39. The molecule has 2 atom stereocenters. The highest BCUT2D eigenvalue weighted by Gasteiger charge is 2.43. The molecule has 2 aromatic carbocycles. The molecule has 116 valence electrons. The van der Waals surface area contributed by atoms with Crippen molar-refractivity contribution >= 4 is 17.8 Å². The van der Waals surface area contributed by atoms with Gasteiger partial charge < -0.3 is 0 Å². The number of carbonyl (C=O) groups is 1. The summed E-state index contributed by atoms with van der Waals surface area (Å²) >= 11 is 0. The van der Waals surface area contributed by atoms with E-state index in [2.05, 4.69) is 10.5 Å². The summed E-state index contributed by atoms with van der Waals surface area (Å²) in [6, 6.07) is 16.0. The molecule has 1 fully saturated rings. The lowest BCUT2D eigenvalue weighted by Gasteiger charge is -2.00. The molecule has 3 rings (SSSR count). The van der Waals surface area contributed by atoms with Crippen LogP contribution in [0.3, 0.4) is 0 Å². The van der Waals surface area contributed by atoms with E-state index in [1.54, 1.807) is 12.1 Å². The molecular weight excluding hydrogens is 294 g/mol. The zero-order chi connectivity index (χ0) is 16.2. The normalized spacial score (nSPS) is 19.5. The molecule has 0 spiro atoms. The van der Waals surface area contributed by atoms with E-state index >= 15 is 0 Å². The number of nitro benzene ring substituents is 1. The number of nitro groups is 1. The van der Waals surface area contributed by atoms with Gasteiger partial charge in [-0.3, -0.25) is 14.9 Å². The van der Waals surface area contributed by atoms with Gasteiger partial charge in [-0.25, -0.2) is 5.43 Å². The third-order valence-electron chi connectivity index (χ3n) is 3.82. The molecule has 0 aliphatic heterocycles. The third kappa shape index (κ3) is 3.60. The van der Waals surface area contributed by atoms with E-state index in [-0.39, 0.29) is 23.4 Å². The van der Waals surface area contributed by atoms with Gasteiger partial charge in [-0.05, 0) is 17.9 Å². The first kappa shape index (κ1) is 14.9. The molecule has 0 heterocycles. The maximum absolute atomic E-state index is 12.0. The molecule has 0 unspecified atom stereocenters. The zero-order valence-corrected chi connectivity index (χ0v) is 12.3. The molecule has 0 radical (unpaired) electrons. The lowest BCUT2D eigenvalue weighted by Crippen LogP contribution is -2.20. The highest BCUT2D eigenvalue weighted by Crippen LogP contribution is 2.47. The van der Waals surface area contributed by atoms with Crippen LogP contribution in [0.2, 0.25) is 0 Å². The summed E-state index contributed by atoms with van der Waals surface area (Å²) in [4.78, 5) is 22.2. The topological polar surface area (TPSA) is 84.6 Å². The number of rotatable bonds is 5. The van der Waals surface area contributed by atoms with Gasteiger partial charge in [0, 0.05) is 23.6 Å². The molecule has 0 saturated heterocycles. The van der Waals surface area contributed by atoms with Gasteiger partial charge in [0.25, 0.3) is 5.69 Å². The zero-order valence-electron chi connectivity index (χ0n) is 12.3. The fourth-order valence-corrected chi connectivity index (χ4v) is 2.53. The Labute approximate surface area is 133 Å². The van der Waals surface area contributed by atoms with Crippen LogP contribution < -0.4 is 5.43 Å². The molecule has 0 aromatic heterocycles. The number of amides is 1. The fraction of sp³-hybridized carbons (Fsp3) is 0.176. The van der Waals surface area contributed by atoms with Gasteiger partial charge in [0.05, 0.1) is 11.1 Å². The third-order valence-corrected chi connectivity index (χ3v) is 3.82. The van der Waals surface area contributed by atoms with Gasteiger partial charge >= 0.3 is 0 Å². The minimum Gasteiger partial charge on any atom is -0.273 e. The summed E-state index contributed by atoms with van der Waals surface area (Å²) in [5.74, 6) is 0.0735. The van der Waals surface area contributed by atoms with Crippen LogP contribution in [0, 0.1) is 16.0 Å². The van der Waals surface area contributed by atoms with E-state index in [1.807, 2.05) is 30.3 Å². The second-order valence-corrected chi connectivity index (χ2v) is 5.45. The first-order chi connectivity index (χ1) is 11.1. The smallest absolute Gasteiger partial charge is 0.270 e. The second-order valence-electron chi connectivity index (χ2n) is 5.45. The first-order valence-electron chi connectivity index (χ1n) is 7.27. The monoisotopic (exact) mass is 309 g/mol. The minimum absolute atomic E-state index is 0.00777. The standard InChI is InChI=1S/C17H15N3O3/c21-17(16-10-15(16)13-6-2-1-3-7-13)19-18-11-12-5-4-8-14(9-12)20(22)23/h1-9,11,15-16H,10H2,(H,19,21)/b18-11-/t15-,16+/m1/s1. The molecule has 1 amide bonds. The van der Waals surface area contributed by atoms with Crippen LogP contribution in [-0.2, 0) is 4.79 Å². The summed E-state index contributed by atoms with van der Waals surface area (Å²) in [6.07, 6.45) is 2.23. The van der Waals surface area contributed by atoms with Crippen LogP contribution in [0.15, 0.2) is 59.7 Å². The number of non-ortho nitro benzene ring substituents is 1. The number of nitrogens with zero attached hydrogens (tertiary/aromatic N) is 2. The van der Waals surface area contributed by atoms with Crippen molar-refractivity contribution in [3.05, 3.63) is 75.8 Å². The van der Waals surface area contributed by atoms with Crippen molar-refractivity contribution < 1.29 is 9.72 Å². The van der Waals surface area contributed by atoms with E-state index in [9.17, 15) is 14.9 Å². The van der Waals surface area contributed by atoms with Gasteiger partial charge in [0.15, 0.2) is 0 Å². The Morgan fingerprint density at radius 1 is 1.22 bits per heavy atom. The lowest BCUT2D eigenvalue weighted by molar-refractivity contribution is -0.384. The van der Waals surface area contributed by atoms with Gasteiger partial charge in [-0.15, -0.1) is 0 Å². The van der Waals surface area contributed by atoms with E-state index in [0.29, 0.717) is 5.56 Å². The Balaban J connectivity index is 1.56. The molecule has 1 saturated carbocycles. The average molecular weight is 309 g/mol. The predicted octanol–water partition coefficient (Wildman–Crippen LogP) is 2.85. The van der Waals surface area contributed by atoms with Gasteiger partial charge in [0.2, 0.25) is 5.91 Å². The van der Waals surface area contributed by atoms with Crippen LogP contribution in [0.1, 0.15) is 23.5 Å². The van der Waals surface area contributed by atoms with E-state index < -0.39 is 4.92 Å². The van der Waals surface area contributed by atoms with Crippen LogP contribution >= 0.6 is 0 Å². The molecule has 2 aromatic rings. The van der Waals surface area contributed by atoms with E-state index in [0.717, 1.165) is 12.0 Å². The number of hydrazone groups is 1. The van der Waals surface area contributed by atoms with E-state index in [1.165, 1.54) is 18.3 Å². The maximum atomic E-state index is 12.0. The quantitative estimate of drug-likeness (QED) is 0.523. The Morgan fingerprint density at radius 3 is 2.74 bits per heavy atom. The fourth-order valence-electron chi connectivity index (χ4n) is 2.53. The number of carbonyl (C=O) groups excluding carboxylic acids is 1. The van der Waals surface area contributed by atoms with Crippen molar-refractivity contribution in [2.24, 2.45) is 11.0 Å². The van der Waals surface area contributed by atoms with Gasteiger partial charge in [-0.1, -0.05) is 42.5 Å². The Morgan fingerprint density at radius 2 is 2.00 bits per heavy atom. The molecule has 1 N–H and O–H groups in total. The van der Waals surface area contributed by atoms with Crippen molar-refractivity contribution in [1.82, 2.24) is 5.43 Å². The predicted molar refractivity (Wildman–Crippen MR) is 86.1 cm³/mol. The highest BCUT2D eigenvalue weighted by molar-refractivity contribution is 5.85. The average Bonchev–Trinajstić information content (AvgIpc) is 3.36. The van der Waals surface area contributed by atoms with Crippen LogP contribution in [0.25, 0.3) is 0 Å². The van der Waals surface area contributed by atoms with Crippen LogP contribution in [0.5, 0.6) is 0 Å². The van der Waals surface area contributed by atoms with E-state index in [4.69, 9.17) is 0 Å². The highest BCUT2D eigenvalue weighted by atomic mass is 16.6. The van der Waals surface area contributed by atoms with Crippen molar-refractivity contribution in [3.63, 3.8) is 0 Å². The van der Waals surface area contributed by atoms with Crippen LogP contribution in [0.4, 0.5) is 5.69 Å². The van der Waals surface area contributed by atoms with Gasteiger partial charge in [0.1, 0.15) is 0 Å². The SMILES string of the molecule is O=C(N/N=C\c1cccc([N+](=O)[O-])c1)[C@H]1C[C@@H]1c1ccccc1. The number of benzene rings is 2. The summed E-state index contributed by atoms with van der Waals surface area (Å²) < 4.78 is 0. The molecule has 6 heteroatoms. The summed E-state index contributed by atoms with van der Waals surface area (Å²) in [5, 5.41) is 14.6.